The summed E-state index contributed by atoms with van der Waals surface area (Å²) in [4.78, 5) is 12.2. The molecule has 4 nitrogen and oxygen atoms in total. The minimum atomic E-state index is -0.597. The molecule has 0 heterocycles. The molecule has 0 aliphatic carbocycles. The van der Waals surface area contributed by atoms with Gasteiger partial charge in [-0.05, 0) is 31.4 Å². The molecule has 0 saturated heterocycles. The first-order valence-electron chi connectivity index (χ1n) is 5.94. The maximum Gasteiger partial charge on any atom is 0.254 e. The number of hydrogen-bond acceptors (Lipinski definition) is 3. The molecule has 0 aliphatic heterocycles. The van der Waals surface area contributed by atoms with Crippen LogP contribution >= 0.6 is 12.2 Å². The van der Waals surface area contributed by atoms with Crippen molar-refractivity contribution in [1.82, 2.24) is 5.32 Å². The summed E-state index contributed by atoms with van der Waals surface area (Å²) >= 11 is 4.74. The molecule has 3 N–H and O–H groups in total. The summed E-state index contributed by atoms with van der Waals surface area (Å²) in [5, 5.41) is 2.65. The highest BCUT2D eigenvalue weighted by Gasteiger charge is 2.11. The molecule has 104 valence electrons. The summed E-state index contributed by atoms with van der Waals surface area (Å²) in [5.74, 6) is -0.652. The number of amides is 1. The number of halogens is 1. The Hall–Kier alpha value is -1.69. The van der Waals surface area contributed by atoms with Crippen LogP contribution < -0.4 is 15.8 Å². The van der Waals surface area contributed by atoms with Gasteiger partial charge in [-0.3, -0.25) is 4.79 Å². The molecule has 0 bridgehead atoms. The van der Waals surface area contributed by atoms with E-state index in [0.717, 1.165) is 12.8 Å². The monoisotopic (exact) mass is 284 g/mol. The quantitative estimate of drug-likeness (QED) is 0.594. The molecule has 19 heavy (non-hydrogen) atoms. The lowest BCUT2D eigenvalue weighted by Gasteiger charge is -2.07. The van der Waals surface area contributed by atoms with Gasteiger partial charge in [-0.25, -0.2) is 4.39 Å². The van der Waals surface area contributed by atoms with E-state index in [9.17, 15) is 9.18 Å². The van der Waals surface area contributed by atoms with E-state index in [1.54, 1.807) is 6.07 Å². The third kappa shape index (κ3) is 5.21. The molecule has 1 amide bonds. The van der Waals surface area contributed by atoms with Crippen LogP contribution in [0.1, 0.15) is 29.6 Å². The van der Waals surface area contributed by atoms with Crippen molar-refractivity contribution in [3.05, 3.63) is 29.6 Å². The number of thiocarbonyl (C=S) groups is 1. The van der Waals surface area contributed by atoms with Gasteiger partial charge in [0.15, 0.2) is 0 Å². The van der Waals surface area contributed by atoms with Crippen molar-refractivity contribution in [3.63, 3.8) is 0 Å². The number of methoxy groups -OCH3 is 1. The molecule has 0 radical (unpaired) electrons. The maximum atomic E-state index is 13.6. The SMILES string of the molecule is COc1ccc(C(=O)NCCCCC(N)=S)c(F)c1. The third-order valence-corrected chi connectivity index (χ3v) is 2.76. The Bertz CT molecular complexity index is 466. The van der Waals surface area contributed by atoms with Gasteiger partial charge in [0.2, 0.25) is 0 Å². The second kappa shape index (κ2) is 7.68. The Labute approximate surface area is 117 Å². The molecule has 0 aliphatic rings. The zero-order chi connectivity index (χ0) is 14.3. The number of ether oxygens (including phenoxy) is 1. The summed E-state index contributed by atoms with van der Waals surface area (Å²) in [6, 6.07) is 4.13. The average molecular weight is 284 g/mol. The minimum Gasteiger partial charge on any atom is -0.497 e. The van der Waals surface area contributed by atoms with E-state index in [2.05, 4.69) is 5.32 Å². The smallest absolute Gasteiger partial charge is 0.254 e. The third-order valence-electron chi connectivity index (χ3n) is 2.56. The Morgan fingerprint density at radius 3 is 2.79 bits per heavy atom. The predicted octanol–water partition coefficient (Wildman–Crippen LogP) is 2.02. The van der Waals surface area contributed by atoms with Gasteiger partial charge in [0.1, 0.15) is 11.6 Å². The normalized spacial score (nSPS) is 10.0. The molecule has 0 saturated carbocycles. The van der Waals surface area contributed by atoms with Crippen molar-refractivity contribution in [2.24, 2.45) is 5.73 Å². The number of carbonyl (C=O) groups is 1. The van der Waals surface area contributed by atoms with Crippen molar-refractivity contribution in [2.75, 3.05) is 13.7 Å². The summed E-state index contributed by atoms with van der Waals surface area (Å²) in [6.45, 7) is 0.465. The molecular weight excluding hydrogens is 267 g/mol. The second-order valence-corrected chi connectivity index (χ2v) is 4.55. The van der Waals surface area contributed by atoms with Crippen LogP contribution in [0.15, 0.2) is 18.2 Å². The van der Waals surface area contributed by atoms with Crippen molar-refractivity contribution < 1.29 is 13.9 Å². The Balaban J connectivity index is 2.43. The Morgan fingerprint density at radius 2 is 2.21 bits per heavy atom. The van der Waals surface area contributed by atoms with Crippen molar-refractivity contribution in [1.29, 1.82) is 0 Å². The molecule has 6 heteroatoms. The molecular formula is C13H17FN2O2S. The van der Waals surface area contributed by atoms with E-state index in [1.165, 1.54) is 19.2 Å². The molecule has 1 aromatic carbocycles. The predicted molar refractivity (Wildman–Crippen MR) is 75.9 cm³/mol. The highest BCUT2D eigenvalue weighted by molar-refractivity contribution is 7.80. The van der Waals surface area contributed by atoms with Gasteiger partial charge in [0, 0.05) is 12.6 Å². The second-order valence-electron chi connectivity index (χ2n) is 4.03. The fourth-order valence-corrected chi connectivity index (χ4v) is 1.67. The fourth-order valence-electron chi connectivity index (χ4n) is 1.53. The van der Waals surface area contributed by atoms with Crippen molar-refractivity contribution in [2.45, 2.75) is 19.3 Å². The minimum absolute atomic E-state index is 0.00939. The lowest BCUT2D eigenvalue weighted by Crippen LogP contribution is -2.25. The Kier molecular flexibility index (Phi) is 6.21. The number of benzene rings is 1. The number of rotatable bonds is 7. The fraction of sp³-hybridized carbons (Fsp3) is 0.385. The molecule has 0 atom stereocenters. The summed E-state index contributed by atoms with van der Waals surface area (Å²) < 4.78 is 18.5. The number of nitrogens with two attached hydrogens (primary N) is 1. The number of unbranched alkanes of at least 4 members (excludes halogenated alkanes) is 1. The van der Waals surface area contributed by atoms with Gasteiger partial charge in [-0.15, -0.1) is 0 Å². The highest BCUT2D eigenvalue weighted by Crippen LogP contribution is 2.16. The standard InChI is InChI=1S/C13H17FN2O2S/c1-18-9-5-6-10(11(14)8-9)13(17)16-7-3-2-4-12(15)19/h5-6,8H,2-4,7H2,1H3,(H2,15,19)(H,16,17). The lowest BCUT2D eigenvalue weighted by molar-refractivity contribution is 0.0949. The first-order valence-corrected chi connectivity index (χ1v) is 6.35. The summed E-state index contributed by atoms with van der Waals surface area (Å²) in [7, 11) is 1.44. The van der Waals surface area contributed by atoms with Gasteiger partial charge in [0.05, 0.1) is 17.7 Å². The molecule has 0 fully saturated rings. The molecule has 0 aromatic heterocycles. The van der Waals surface area contributed by atoms with Crippen LogP contribution in [0.5, 0.6) is 5.75 Å². The zero-order valence-corrected chi connectivity index (χ0v) is 11.6. The molecule has 1 aromatic rings. The molecule has 1 rings (SSSR count). The summed E-state index contributed by atoms with van der Waals surface area (Å²) in [6.07, 6.45) is 2.21. The maximum absolute atomic E-state index is 13.6. The first kappa shape index (κ1) is 15.4. The van der Waals surface area contributed by atoms with Gasteiger partial charge in [-0.1, -0.05) is 12.2 Å². The van der Waals surface area contributed by atoms with Gasteiger partial charge in [0.25, 0.3) is 5.91 Å². The highest BCUT2D eigenvalue weighted by atomic mass is 32.1. The van der Waals surface area contributed by atoms with Crippen LogP contribution in [0.3, 0.4) is 0 Å². The van der Waals surface area contributed by atoms with E-state index in [-0.39, 0.29) is 5.56 Å². The van der Waals surface area contributed by atoms with Gasteiger partial charge < -0.3 is 15.8 Å². The lowest BCUT2D eigenvalue weighted by atomic mass is 10.2. The van der Waals surface area contributed by atoms with Crippen LogP contribution in [0.25, 0.3) is 0 Å². The van der Waals surface area contributed by atoms with Gasteiger partial charge >= 0.3 is 0 Å². The first-order chi connectivity index (χ1) is 9.04. The molecule has 0 spiro atoms. The summed E-state index contributed by atoms with van der Waals surface area (Å²) in [5.41, 5.74) is 5.36. The van der Waals surface area contributed by atoms with Crippen molar-refractivity contribution >= 4 is 23.1 Å². The largest absolute Gasteiger partial charge is 0.497 e. The number of nitrogens with one attached hydrogen (secondary N) is 1. The van der Waals surface area contributed by atoms with Crippen LogP contribution in [0.4, 0.5) is 4.39 Å². The average Bonchev–Trinajstić information content (AvgIpc) is 2.37. The number of hydrogen-bond donors (Lipinski definition) is 2. The van der Waals surface area contributed by atoms with Crippen LogP contribution in [-0.4, -0.2) is 24.6 Å². The number of carbonyl (C=O) groups excluding carboxylic acids is 1. The molecule has 0 unspecified atom stereocenters. The van der Waals surface area contributed by atoms with Gasteiger partial charge in [-0.2, -0.15) is 0 Å². The van der Waals surface area contributed by atoms with E-state index < -0.39 is 11.7 Å². The van der Waals surface area contributed by atoms with E-state index in [1.807, 2.05) is 0 Å². The van der Waals surface area contributed by atoms with E-state index in [4.69, 9.17) is 22.7 Å². The van der Waals surface area contributed by atoms with E-state index >= 15 is 0 Å². The zero-order valence-electron chi connectivity index (χ0n) is 10.7. The van der Waals surface area contributed by atoms with Crippen molar-refractivity contribution in [3.8, 4) is 5.75 Å². The van der Waals surface area contributed by atoms with E-state index in [0.29, 0.717) is 23.7 Å². The Morgan fingerprint density at radius 1 is 1.47 bits per heavy atom. The van der Waals surface area contributed by atoms with Crippen LogP contribution in [-0.2, 0) is 0 Å². The topological polar surface area (TPSA) is 64.3 Å². The van der Waals surface area contributed by atoms with Crippen LogP contribution in [0, 0.1) is 5.82 Å². The van der Waals surface area contributed by atoms with Crippen LogP contribution in [0.2, 0.25) is 0 Å².